The van der Waals surface area contributed by atoms with Gasteiger partial charge >= 0.3 is 0 Å². The van der Waals surface area contributed by atoms with Crippen LogP contribution in [0.5, 0.6) is 0 Å². The number of likely N-dealkylation sites (N-methyl/N-ethyl adjacent to an activating group) is 1. The molecular weight excluding hydrogens is 282 g/mol. The smallest absolute Gasteiger partial charge is 0.251 e. The minimum absolute atomic E-state index is 0.0771. The monoisotopic (exact) mass is 303 g/mol. The molecule has 6 heteroatoms. The van der Waals surface area contributed by atoms with Crippen LogP contribution in [0, 0.1) is 0 Å². The average molecular weight is 303 g/mol. The Morgan fingerprint density at radius 2 is 2.14 bits per heavy atom. The lowest BCUT2D eigenvalue weighted by atomic mass is 10.1. The third-order valence-electron chi connectivity index (χ3n) is 3.59. The SMILES string of the molecule is CCNC(=O)[C@@H](C)NC(=O)c1cccc(N2CCCC2=O)c1. The van der Waals surface area contributed by atoms with Gasteiger partial charge in [0.05, 0.1) is 0 Å². The predicted octanol–water partition coefficient (Wildman–Crippen LogP) is 1.07. The molecule has 2 N–H and O–H groups in total. The molecule has 1 aromatic rings. The summed E-state index contributed by atoms with van der Waals surface area (Å²) in [5, 5.41) is 5.31. The van der Waals surface area contributed by atoms with E-state index in [4.69, 9.17) is 0 Å². The van der Waals surface area contributed by atoms with Crippen LogP contribution in [0.25, 0.3) is 0 Å². The molecular formula is C16H21N3O3. The van der Waals surface area contributed by atoms with Gasteiger partial charge in [0.1, 0.15) is 6.04 Å². The van der Waals surface area contributed by atoms with Gasteiger partial charge in [0.15, 0.2) is 0 Å². The molecule has 1 aliphatic heterocycles. The van der Waals surface area contributed by atoms with Crippen LogP contribution in [0.15, 0.2) is 24.3 Å². The van der Waals surface area contributed by atoms with E-state index in [2.05, 4.69) is 10.6 Å². The van der Waals surface area contributed by atoms with Gasteiger partial charge in [-0.3, -0.25) is 14.4 Å². The topological polar surface area (TPSA) is 78.5 Å². The van der Waals surface area contributed by atoms with Gasteiger partial charge < -0.3 is 15.5 Å². The first kappa shape index (κ1) is 16.0. The molecule has 0 unspecified atom stereocenters. The number of rotatable bonds is 5. The first-order chi connectivity index (χ1) is 10.5. The van der Waals surface area contributed by atoms with Crippen molar-refractivity contribution in [2.24, 2.45) is 0 Å². The maximum Gasteiger partial charge on any atom is 0.251 e. The summed E-state index contributed by atoms with van der Waals surface area (Å²) in [7, 11) is 0. The van der Waals surface area contributed by atoms with Crippen molar-refractivity contribution in [3.05, 3.63) is 29.8 Å². The second-order valence-electron chi connectivity index (χ2n) is 5.29. The number of amides is 3. The Balaban J connectivity index is 2.07. The molecule has 1 heterocycles. The van der Waals surface area contributed by atoms with Gasteiger partial charge in [0.25, 0.3) is 5.91 Å². The molecule has 0 spiro atoms. The second-order valence-corrected chi connectivity index (χ2v) is 5.29. The summed E-state index contributed by atoms with van der Waals surface area (Å²) in [5.41, 5.74) is 1.16. The highest BCUT2D eigenvalue weighted by atomic mass is 16.2. The Morgan fingerprint density at radius 1 is 1.36 bits per heavy atom. The fourth-order valence-corrected chi connectivity index (χ4v) is 2.41. The van der Waals surface area contributed by atoms with E-state index in [0.717, 1.165) is 12.1 Å². The zero-order valence-electron chi connectivity index (χ0n) is 12.9. The molecule has 0 radical (unpaired) electrons. The maximum atomic E-state index is 12.2. The molecule has 2 rings (SSSR count). The fourth-order valence-electron chi connectivity index (χ4n) is 2.41. The number of hydrogen-bond acceptors (Lipinski definition) is 3. The second kappa shape index (κ2) is 7.06. The summed E-state index contributed by atoms with van der Waals surface area (Å²) >= 11 is 0. The van der Waals surface area contributed by atoms with Gasteiger partial charge in [-0.2, -0.15) is 0 Å². The highest BCUT2D eigenvalue weighted by molar-refractivity contribution is 6.00. The fraction of sp³-hybridized carbons (Fsp3) is 0.438. The molecule has 6 nitrogen and oxygen atoms in total. The number of hydrogen-bond donors (Lipinski definition) is 2. The van der Waals surface area contributed by atoms with Crippen LogP contribution in [-0.4, -0.2) is 36.9 Å². The highest BCUT2D eigenvalue weighted by Gasteiger charge is 2.22. The van der Waals surface area contributed by atoms with E-state index in [1.807, 2.05) is 13.0 Å². The summed E-state index contributed by atoms with van der Waals surface area (Å²) in [6.45, 7) is 4.66. The zero-order chi connectivity index (χ0) is 16.1. The van der Waals surface area contributed by atoms with Crippen LogP contribution >= 0.6 is 0 Å². The van der Waals surface area contributed by atoms with Crippen molar-refractivity contribution in [3.63, 3.8) is 0 Å². The standard InChI is InChI=1S/C16H21N3O3/c1-3-17-15(21)11(2)18-16(22)12-6-4-7-13(10-12)19-9-5-8-14(19)20/h4,6-7,10-11H,3,5,8-9H2,1-2H3,(H,17,21)(H,18,22)/t11-/m1/s1. The normalized spacial score (nSPS) is 15.5. The largest absolute Gasteiger partial charge is 0.355 e. The van der Waals surface area contributed by atoms with Gasteiger partial charge in [-0.1, -0.05) is 6.07 Å². The summed E-state index contributed by atoms with van der Waals surface area (Å²) in [4.78, 5) is 37.3. The molecule has 0 aromatic heterocycles. The van der Waals surface area contributed by atoms with Crippen molar-refractivity contribution in [1.29, 1.82) is 0 Å². The molecule has 1 saturated heterocycles. The molecule has 1 aliphatic rings. The Morgan fingerprint density at radius 3 is 2.77 bits per heavy atom. The lowest BCUT2D eigenvalue weighted by molar-refractivity contribution is -0.122. The lowest BCUT2D eigenvalue weighted by Crippen LogP contribution is -2.44. The molecule has 1 aromatic carbocycles. The number of carbonyl (C=O) groups is 3. The molecule has 1 fully saturated rings. The van der Waals surface area contributed by atoms with Crippen molar-refractivity contribution in [2.75, 3.05) is 18.0 Å². The van der Waals surface area contributed by atoms with Crippen LogP contribution in [0.4, 0.5) is 5.69 Å². The lowest BCUT2D eigenvalue weighted by Gasteiger charge is -2.17. The van der Waals surface area contributed by atoms with Gasteiger partial charge in [-0.05, 0) is 38.5 Å². The van der Waals surface area contributed by atoms with E-state index in [0.29, 0.717) is 25.1 Å². The number of nitrogens with zero attached hydrogens (tertiary/aromatic N) is 1. The third kappa shape index (κ3) is 3.63. The van der Waals surface area contributed by atoms with Crippen molar-refractivity contribution >= 4 is 23.4 Å². The summed E-state index contributed by atoms with van der Waals surface area (Å²) < 4.78 is 0. The molecule has 0 saturated carbocycles. The molecule has 22 heavy (non-hydrogen) atoms. The maximum absolute atomic E-state index is 12.2. The molecule has 118 valence electrons. The quantitative estimate of drug-likeness (QED) is 0.854. The van der Waals surface area contributed by atoms with Crippen molar-refractivity contribution in [3.8, 4) is 0 Å². The van der Waals surface area contributed by atoms with Crippen LogP contribution < -0.4 is 15.5 Å². The molecule has 0 aliphatic carbocycles. The van der Waals surface area contributed by atoms with Crippen LogP contribution in [0.2, 0.25) is 0 Å². The van der Waals surface area contributed by atoms with E-state index >= 15 is 0 Å². The van der Waals surface area contributed by atoms with Crippen molar-refractivity contribution in [1.82, 2.24) is 10.6 Å². The highest BCUT2D eigenvalue weighted by Crippen LogP contribution is 2.22. The van der Waals surface area contributed by atoms with E-state index in [-0.39, 0.29) is 17.7 Å². The van der Waals surface area contributed by atoms with Gasteiger partial charge in [0, 0.05) is 30.8 Å². The number of anilines is 1. The number of benzene rings is 1. The summed E-state index contributed by atoms with van der Waals surface area (Å²) in [5.74, 6) is -0.470. The van der Waals surface area contributed by atoms with E-state index in [1.54, 1.807) is 30.0 Å². The van der Waals surface area contributed by atoms with Gasteiger partial charge in [0.2, 0.25) is 11.8 Å². The van der Waals surface area contributed by atoms with Gasteiger partial charge in [-0.15, -0.1) is 0 Å². The number of nitrogens with one attached hydrogen (secondary N) is 2. The average Bonchev–Trinajstić information content (AvgIpc) is 2.93. The molecule has 3 amide bonds. The third-order valence-corrected chi connectivity index (χ3v) is 3.59. The Bertz CT molecular complexity index is 586. The molecule has 1 atom stereocenters. The van der Waals surface area contributed by atoms with Gasteiger partial charge in [-0.25, -0.2) is 0 Å². The van der Waals surface area contributed by atoms with Crippen molar-refractivity contribution in [2.45, 2.75) is 32.7 Å². The van der Waals surface area contributed by atoms with Crippen LogP contribution in [-0.2, 0) is 9.59 Å². The first-order valence-corrected chi connectivity index (χ1v) is 7.52. The first-order valence-electron chi connectivity index (χ1n) is 7.52. The van der Waals surface area contributed by atoms with E-state index < -0.39 is 6.04 Å². The van der Waals surface area contributed by atoms with Crippen LogP contribution in [0.1, 0.15) is 37.0 Å². The van der Waals surface area contributed by atoms with Crippen molar-refractivity contribution < 1.29 is 14.4 Å². The van der Waals surface area contributed by atoms with E-state index in [9.17, 15) is 14.4 Å². The summed E-state index contributed by atoms with van der Waals surface area (Å²) in [6, 6.07) is 6.30. The molecule has 0 bridgehead atoms. The zero-order valence-corrected chi connectivity index (χ0v) is 12.9. The van der Waals surface area contributed by atoms with E-state index in [1.165, 1.54) is 0 Å². The Hall–Kier alpha value is -2.37. The minimum atomic E-state index is -0.607. The van der Waals surface area contributed by atoms with Crippen LogP contribution in [0.3, 0.4) is 0 Å². The predicted molar refractivity (Wildman–Crippen MR) is 83.6 cm³/mol. The number of carbonyl (C=O) groups excluding carboxylic acids is 3. The summed E-state index contributed by atoms with van der Waals surface area (Å²) in [6.07, 6.45) is 1.38. The Kier molecular flexibility index (Phi) is 5.14. The minimum Gasteiger partial charge on any atom is -0.355 e. The Labute approximate surface area is 129 Å².